The Morgan fingerprint density at radius 2 is 1.47 bits per heavy atom. The number of Topliss-reactive ketones (excluding diaryl/α,β-unsaturated/α-hetero) is 1. The first-order valence-corrected chi connectivity index (χ1v) is 30.5. The summed E-state index contributed by atoms with van der Waals surface area (Å²) in [6.07, 6.45) is 5.85. The first-order chi connectivity index (χ1) is 41.8. The number of fused-ring (bicyclic) bond motifs is 4. The van der Waals surface area contributed by atoms with E-state index in [0.29, 0.717) is 54.7 Å². The van der Waals surface area contributed by atoms with E-state index in [1.165, 1.54) is 54.0 Å². The molecule has 6 amide bonds. The van der Waals surface area contributed by atoms with E-state index in [2.05, 4.69) is 10.6 Å². The molecule has 476 valence electrons. The van der Waals surface area contributed by atoms with Crippen molar-refractivity contribution < 1.29 is 66.8 Å². The second kappa shape index (κ2) is 32.2. The molecule has 0 spiro atoms. The van der Waals surface area contributed by atoms with E-state index in [-0.39, 0.29) is 76.2 Å². The third-order valence-electron chi connectivity index (χ3n) is 16.3. The smallest absolute Gasteiger partial charge is 0.329 e. The van der Waals surface area contributed by atoms with E-state index in [9.17, 15) is 38.4 Å². The van der Waals surface area contributed by atoms with Crippen molar-refractivity contribution in [3.8, 4) is 17.2 Å². The number of nitrogens with one attached hydrogen (secondary N) is 2. The molecule has 2 aliphatic rings. The van der Waals surface area contributed by atoms with Crippen LogP contribution in [0.4, 0.5) is 0 Å². The van der Waals surface area contributed by atoms with Gasteiger partial charge in [-0.3, -0.25) is 38.4 Å². The molecule has 0 aliphatic carbocycles. The summed E-state index contributed by atoms with van der Waals surface area (Å²) < 4.78 is 29.7. The number of ether oxygens (including phenoxy) is 5. The molecule has 6 rings (SSSR count). The number of nitrogens with zero attached hydrogens (tertiary/aromatic N) is 4. The molecule has 0 aromatic heterocycles. The fourth-order valence-corrected chi connectivity index (χ4v) is 10.6. The van der Waals surface area contributed by atoms with Gasteiger partial charge in [0.15, 0.2) is 23.9 Å². The monoisotopic (exact) mass is 1210 g/mol. The Balaban J connectivity index is 1.35. The average Bonchev–Trinajstić information content (AvgIpc) is 1.42. The van der Waals surface area contributed by atoms with Gasteiger partial charge in [-0.25, -0.2) is 4.79 Å². The number of rotatable bonds is 12. The van der Waals surface area contributed by atoms with E-state index in [1.54, 1.807) is 78.1 Å². The predicted molar refractivity (Wildman–Crippen MR) is 333 cm³/mol. The molecule has 4 aromatic carbocycles. The minimum absolute atomic E-state index is 0.00837. The highest BCUT2D eigenvalue weighted by Gasteiger charge is 2.42. The first kappa shape index (κ1) is 69.0. The summed E-state index contributed by atoms with van der Waals surface area (Å²) in [5, 5.41) is 7.54. The number of benzene rings is 4. The zero-order valence-corrected chi connectivity index (χ0v) is 53.1. The Labute approximate surface area is 517 Å². The molecule has 4 aromatic rings. The van der Waals surface area contributed by atoms with Crippen molar-refractivity contribution in [3.63, 3.8) is 0 Å². The molecule has 2 bridgehead atoms. The summed E-state index contributed by atoms with van der Waals surface area (Å²) in [7, 11) is 7.57. The van der Waals surface area contributed by atoms with Gasteiger partial charge in [-0.15, -0.1) is 0 Å². The number of esters is 1. The van der Waals surface area contributed by atoms with Crippen LogP contribution in [0.1, 0.15) is 129 Å². The van der Waals surface area contributed by atoms with Gasteiger partial charge in [-0.2, -0.15) is 0 Å². The Hall–Kier alpha value is -8.13. The molecule has 20 nitrogen and oxygen atoms in total. The molecule has 88 heavy (non-hydrogen) atoms. The SMILES string of the molecule is CCCC[C@H]1C(=O)N[C@@H](Cc2ccc3ccccc3c2)C(=O)N(C)[C@@H](COC(C)(C)C)C(=O)NCC(=O)N(C)CC/C=C/C(=O)CCC(C)(C)C(=O)C(=O)N2CCCC[C@H]2C(=O)O[C@H](CCc2ccc(OC)c(OC)c2)c2cccc(c2)OCC(=O)N1C. The van der Waals surface area contributed by atoms with E-state index in [4.69, 9.17) is 23.7 Å². The topological polar surface area (TPSA) is 237 Å². The van der Waals surface area contributed by atoms with Gasteiger partial charge in [0.05, 0.1) is 33.0 Å². The molecule has 0 saturated carbocycles. The minimum Gasteiger partial charge on any atom is -0.493 e. The van der Waals surface area contributed by atoms with E-state index in [1.807, 2.05) is 61.5 Å². The van der Waals surface area contributed by atoms with Crippen LogP contribution in [0, 0.1) is 5.41 Å². The number of aryl methyl sites for hydroxylation is 1. The van der Waals surface area contributed by atoms with Gasteiger partial charge >= 0.3 is 5.97 Å². The summed E-state index contributed by atoms with van der Waals surface area (Å²) in [5.41, 5.74) is 0.0621. The zero-order chi connectivity index (χ0) is 64.3. The fourth-order valence-electron chi connectivity index (χ4n) is 10.6. The van der Waals surface area contributed by atoms with Crippen molar-refractivity contribution in [2.75, 3.05) is 68.2 Å². The number of ketones is 2. The lowest BCUT2D eigenvalue weighted by atomic mass is 9.81. The molecule has 2 heterocycles. The first-order valence-electron chi connectivity index (χ1n) is 30.5. The molecule has 1 fully saturated rings. The standard InChI is InChI=1S/C68H90N6O14/c1-12-13-26-53-63(80)70-52(39-46-28-31-47-21-14-15-22-48(47)38-46)64(81)73(9)55(43-87-67(2,3)4)62(79)69-42-59(76)71(7)36-18-16-24-50(75)34-35-68(5,6)61(78)65(82)74-37-19-17-27-54(74)66(83)88-56(32-29-45-30-33-57(84-10)58(40-45)85-11)49-23-20-25-51(41-49)86-44-60(77)72(53)8/h14-16,20-25,28,30-31,33,38,40-41,52-56H,12-13,17-19,26-27,29,32,34-37,39,42-44H2,1-11H3,(H,69,79)(H,70,80)/b24-16+/t52-,53-,54-,55-,56+/m0/s1. The molecule has 0 radical (unpaired) electrons. The quantitative estimate of drug-likeness (QED) is 0.102. The van der Waals surface area contributed by atoms with Crippen molar-refractivity contribution in [1.29, 1.82) is 0 Å². The molecular weight excluding hydrogens is 1120 g/mol. The Bertz CT molecular complexity index is 3150. The highest BCUT2D eigenvalue weighted by molar-refractivity contribution is 6.38. The Morgan fingerprint density at radius 3 is 2.18 bits per heavy atom. The lowest BCUT2D eigenvalue weighted by Crippen LogP contribution is -2.59. The van der Waals surface area contributed by atoms with Crippen molar-refractivity contribution >= 4 is 63.8 Å². The molecule has 5 atom stereocenters. The van der Waals surface area contributed by atoms with Gasteiger partial charge in [0.25, 0.3) is 11.8 Å². The van der Waals surface area contributed by atoms with Crippen molar-refractivity contribution in [3.05, 3.63) is 114 Å². The average molecular weight is 1220 g/mol. The van der Waals surface area contributed by atoms with Gasteiger partial charge in [0.1, 0.15) is 36.0 Å². The van der Waals surface area contributed by atoms with Crippen LogP contribution >= 0.6 is 0 Å². The summed E-state index contributed by atoms with van der Waals surface area (Å²) in [6, 6.07) is 21.0. The van der Waals surface area contributed by atoms with Gasteiger partial charge in [0, 0.05) is 52.5 Å². The van der Waals surface area contributed by atoms with Gasteiger partial charge in [-0.1, -0.05) is 100 Å². The largest absolute Gasteiger partial charge is 0.493 e. The van der Waals surface area contributed by atoms with Crippen molar-refractivity contribution in [2.45, 2.75) is 154 Å². The Kier molecular flexibility index (Phi) is 25.2. The Morgan fingerprint density at radius 1 is 0.739 bits per heavy atom. The van der Waals surface area contributed by atoms with Crippen LogP contribution in [0.2, 0.25) is 0 Å². The summed E-state index contributed by atoms with van der Waals surface area (Å²) in [6.45, 7) is 9.68. The summed E-state index contributed by atoms with van der Waals surface area (Å²) >= 11 is 0. The van der Waals surface area contributed by atoms with Crippen LogP contribution in [0.25, 0.3) is 10.8 Å². The lowest BCUT2D eigenvalue weighted by Gasteiger charge is -2.36. The predicted octanol–water partition coefficient (Wildman–Crippen LogP) is 7.70. The molecule has 20 heteroatoms. The van der Waals surface area contributed by atoms with Crippen LogP contribution in [0.5, 0.6) is 17.2 Å². The number of methoxy groups -OCH3 is 2. The normalized spacial score (nSPS) is 22.0. The molecule has 1 saturated heterocycles. The van der Waals surface area contributed by atoms with Gasteiger partial charge < -0.3 is 53.9 Å². The number of cyclic esters (lactones) is 1. The molecule has 0 unspecified atom stereocenters. The van der Waals surface area contributed by atoms with Crippen molar-refractivity contribution in [2.24, 2.45) is 5.41 Å². The number of likely N-dealkylation sites (N-methyl/N-ethyl adjacent to an activating group) is 3. The summed E-state index contributed by atoms with van der Waals surface area (Å²) in [5.74, 6) is -4.20. The molecule has 2 aliphatic heterocycles. The van der Waals surface area contributed by atoms with Gasteiger partial charge in [-0.05, 0) is 130 Å². The van der Waals surface area contributed by atoms with E-state index >= 15 is 4.79 Å². The highest BCUT2D eigenvalue weighted by Crippen LogP contribution is 2.34. The molecular formula is C68H90N6O14. The second-order valence-electron chi connectivity index (χ2n) is 24.4. The summed E-state index contributed by atoms with van der Waals surface area (Å²) in [4.78, 5) is 133. The van der Waals surface area contributed by atoms with Crippen LogP contribution < -0.4 is 24.8 Å². The number of carbonyl (C=O) groups excluding carboxylic acids is 9. The number of hydrogen-bond acceptors (Lipinski definition) is 14. The number of carbonyl (C=O) groups is 9. The lowest BCUT2D eigenvalue weighted by molar-refractivity contribution is -0.164. The number of allylic oxidation sites excluding steroid dienone is 1. The number of piperidine rings is 1. The van der Waals surface area contributed by atoms with Crippen LogP contribution in [0.3, 0.4) is 0 Å². The van der Waals surface area contributed by atoms with Gasteiger partial charge in [0.2, 0.25) is 29.4 Å². The maximum Gasteiger partial charge on any atom is 0.329 e. The third kappa shape index (κ3) is 19.4. The van der Waals surface area contributed by atoms with Crippen molar-refractivity contribution in [1.82, 2.24) is 30.2 Å². The number of hydrogen-bond donors (Lipinski definition) is 2. The number of amides is 6. The third-order valence-corrected chi connectivity index (χ3v) is 16.3. The maximum atomic E-state index is 15.1. The van der Waals surface area contributed by atoms with E-state index < -0.39 is 102 Å². The zero-order valence-electron chi connectivity index (χ0n) is 53.1. The second-order valence-corrected chi connectivity index (χ2v) is 24.4. The fraction of sp³-hybridized carbons (Fsp3) is 0.515. The maximum absolute atomic E-state index is 15.1. The number of unbranched alkanes of at least 4 members (excludes halogenated alkanes) is 1. The highest BCUT2D eigenvalue weighted by atomic mass is 16.5. The van der Waals surface area contributed by atoms with Crippen LogP contribution in [-0.2, 0) is 65.5 Å². The van der Waals surface area contributed by atoms with E-state index in [0.717, 1.165) is 16.3 Å². The van der Waals surface area contributed by atoms with Crippen LogP contribution in [0.15, 0.2) is 97.1 Å². The minimum atomic E-state index is -1.28. The molecule has 2 N–H and O–H groups in total. The van der Waals surface area contributed by atoms with Crippen LogP contribution in [-0.4, -0.2) is 171 Å².